The van der Waals surface area contributed by atoms with E-state index in [2.05, 4.69) is 5.32 Å². The van der Waals surface area contributed by atoms with Crippen molar-refractivity contribution in [2.75, 3.05) is 25.4 Å². The standard InChI is InChI=1S/C31H34FN3O2/c32-26-11-9-23(10-12-26)27-19-29(27)34-20-22-13-15-35(16-14-22)31(37)17-21-5-7-24(8-6-21)30(36)18-25-3-1-2-4-28(25)33/h1-12,22,27,29,34H,13-20,33H2. The van der Waals surface area contributed by atoms with E-state index in [1.807, 2.05) is 47.4 Å². The monoisotopic (exact) mass is 499 g/mol. The number of nitrogens with one attached hydrogen (secondary N) is 1. The minimum absolute atomic E-state index is 0.0154. The molecule has 0 aromatic heterocycles. The van der Waals surface area contributed by atoms with Crippen LogP contribution in [0, 0.1) is 11.7 Å². The van der Waals surface area contributed by atoms with E-state index >= 15 is 0 Å². The summed E-state index contributed by atoms with van der Waals surface area (Å²) in [6.07, 6.45) is 3.73. The summed E-state index contributed by atoms with van der Waals surface area (Å²) >= 11 is 0. The summed E-state index contributed by atoms with van der Waals surface area (Å²) < 4.78 is 13.1. The number of para-hydroxylation sites is 1. The van der Waals surface area contributed by atoms with Crippen LogP contribution < -0.4 is 11.1 Å². The van der Waals surface area contributed by atoms with Crippen LogP contribution in [0.4, 0.5) is 10.1 Å². The zero-order valence-corrected chi connectivity index (χ0v) is 21.0. The molecule has 1 saturated heterocycles. The van der Waals surface area contributed by atoms with Gasteiger partial charge in [-0.1, -0.05) is 54.6 Å². The SMILES string of the molecule is Nc1ccccc1CC(=O)c1ccc(CC(=O)N2CCC(CNC3CC3c3ccc(F)cc3)CC2)cc1. The number of nitrogens with two attached hydrogens (primary N) is 1. The normalized spacial score (nSPS) is 19.5. The molecule has 3 aromatic carbocycles. The maximum Gasteiger partial charge on any atom is 0.226 e. The number of ketones is 1. The molecule has 5 nitrogen and oxygen atoms in total. The number of rotatable bonds is 9. The summed E-state index contributed by atoms with van der Waals surface area (Å²) in [7, 11) is 0. The number of hydrogen-bond acceptors (Lipinski definition) is 4. The quantitative estimate of drug-likeness (QED) is 0.329. The highest BCUT2D eigenvalue weighted by atomic mass is 19.1. The molecule has 1 saturated carbocycles. The highest BCUT2D eigenvalue weighted by Crippen LogP contribution is 2.41. The summed E-state index contributed by atoms with van der Waals surface area (Å²) in [5.41, 5.74) is 10.2. The smallest absolute Gasteiger partial charge is 0.226 e. The number of hydrogen-bond donors (Lipinski definition) is 2. The van der Waals surface area contributed by atoms with E-state index in [0.717, 1.165) is 50.0 Å². The van der Waals surface area contributed by atoms with E-state index in [-0.39, 0.29) is 23.9 Å². The highest BCUT2D eigenvalue weighted by molar-refractivity contribution is 5.98. The fraction of sp³-hybridized carbons (Fsp3) is 0.355. The summed E-state index contributed by atoms with van der Waals surface area (Å²) in [6, 6.07) is 22.1. The third-order valence-electron chi connectivity index (χ3n) is 7.76. The van der Waals surface area contributed by atoms with Gasteiger partial charge in [0.05, 0.1) is 6.42 Å². The molecule has 1 aliphatic heterocycles. The molecule has 3 aromatic rings. The first-order valence-electron chi connectivity index (χ1n) is 13.2. The number of piperidine rings is 1. The van der Waals surface area contributed by atoms with Crippen molar-refractivity contribution in [1.82, 2.24) is 10.2 Å². The Morgan fingerprint density at radius 3 is 2.32 bits per heavy atom. The van der Waals surface area contributed by atoms with Crippen molar-refractivity contribution < 1.29 is 14.0 Å². The largest absolute Gasteiger partial charge is 0.398 e. The Morgan fingerprint density at radius 1 is 0.919 bits per heavy atom. The van der Waals surface area contributed by atoms with Gasteiger partial charge in [0.15, 0.2) is 5.78 Å². The van der Waals surface area contributed by atoms with Gasteiger partial charge in [-0.05, 0) is 66.6 Å². The lowest BCUT2D eigenvalue weighted by Gasteiger charge is -2.32. The Morgan fingerprint density at radius 2 is 1.62 bits per heavy atom. The molecular formula is C31H34FN3O2. The Balaban J connectivity index is 1.03. The molecule has 6 heteroatoms. The summed E-state index contributed by atoms with van der Waals surface area (Å²) in [5, 5.41) is 3.67. The molecule has 0 spiro atoms. The predicted molar refractivity (Wildman–Crippen MR) is 144 cm³/mol. The number of benzene rings is 3. The number of anilines is 1. The number of carbonyl (C=O) groups is 2. The van der Waals surface area contributed by atoms with Gasteiger partial charge in [-0.3, -0.25) is 9.59 Å². The van der Waals surface area contributed by atoms with E-state index in [1.165, 1.54) is 17.7 Å². The molecule has 1 amide bonds. The fourth-order valence-electron chi connectivity index (χ4n) is 5.27. The van der Waals surface area contributed by atoms with Crippen molar-refractivity contribution >= 4 is 17.4 Å². The first-order valence-corrected chi connectivity index (χ1v) is 13.2. The number of amides is 1. The van der Waals surface area contributed by atoms with Gasteiger partial charge >= 0.3 is 0 Å². The van der Waals surface area contributed by atoms with Gasteiger partial charge in [0.2, 0.25) is 5.91 Å². The van der Waals surface area contributed by atoms with Crippen molar-refractivity contribution in [2.24, 2.45) is 5.92 Å². The molecule has 2 fully saturated rings. The van der Waals surface area contributed by atoms with Gasteiger partial charge in [0.25, 0.3) is 0 Å². The molecular weight excluding hydrogens is 465 g/mol. The molecule has 2 atom stereocenters. The van der Waals surface area contributed by atoms with Crippen molar-refractivity contribution in [1.29, 1.82) is 0 Å². The van der Waals surface area contributed by atoms with Crippen LogP contribution in [0.1, 0.15) is 52.2 Å². The van der Waals surface area contributed by atoms with Crippen LogP contribution in [0.5, 0.6) is 0 Å². The van der Waals surface area contributed by atoms with Gasteiger partial charge in [0.1, 0.15) is 5.82 Å². The zero-order valence-electron chi connectivity index (χ0n) is 21.0. The number of nitrogens with zero attached hydrogens (tertiary/aromatic N) is 1. The van der Waals surface area contributed by atoms with E-state index < -0.39 is 0 Å². The van der Waals surface area contributed by atoms with Crippen LogP contribution in [0.25, 0.3) is 0 Å². The van der Waals surface area contributed by atoms with Gasteiger partial charge in [-0.2, -0.15) is 0 Å². The molecule has 2 aliphatic rings. The first kappa shape index (κ1) is 25.2. The molecule has 1 heterocycles. The number of nitrogen functional groups attached to an aromatic ring is 1. The Kier molecular flexibility index (Phi) is 7.65. The minimum atomic E-state index is -0.188. The molecule has 3 N–H and O–H groups in total. The van der Waals surface area contributed by atoms with E-state index in [9.17, 15) is 14.0 Å². The summed E-state index contributed by atoms with van der Waals surface area (Å²) in [5.74, 6) is 1.03. The second-order valence-electron chi connectivity index (χ2n) is 10.4. The number of likely N-dealkylation sites (tertiary alicyclic amines) is 1. The van der Waals surface area contributed by atoms with Crippen LogP contribution in [0.2, 0.25) is 0 Å². The third-order valence-corrected chi connectivity index (χ3v) is 7.76. The molecule has 0 bridgehead atoms. The van der Waals surface area contributed by atoms with Crippen molar-refractivity contribution in [3.63, 3.8) is 0 Å². The van der Waals surface area contributed by atoms with E-state index in [1.54, 1.807) is 18.2 Å². The number of carbonyl (C=O) groups excluding carboxylic acids is 2. The van der Waals surface area contributed by atoms with Gasteiger partial charge < -0.3 is 16.0 Å². The fourth-order valence-corrected chi connectivity index (χ4v) is 5.27. The Hall–Kier alpha value is -3.51. The zero-order chi connectivity index (χ0) is 25.8. The van der Waals surface area contributed by atoms with Crippen molar-refractivity contribution in [2.45, 2.75) is 44.1 Å². The van der Waals surface area contributed by atoms with Gasteiger partial charge in [-0.25, -0.2) is 4.39 Å². The van der Waals surface area contributed by atoms with Gasteiger partial charge in [0, 0.05) is 42.7 Å². The van der Waals surface area contributed by atoms with E-state index in [0.29, 0.717) is 35.5 Å². The summed E-state index contributed by atoms with van der Waals surface area (Å²) in [4.78, 5) is 27.5. The molecule has 1 aliphatic carbocycles. The molecule has 37 heavy (non-hydrogen) atoms. The highest BCUT2D eigenvalue weighted by Gasteiger charge is 2.38. The average molecular weight is 500 g/mol. The van der Waals surface area contributed by atoms with Crippen molar-refractivity contribution in [3.8, 4) is 0 Å². The third kappa shape index (κ3) is 6.44. The van der Waals surface area contributed by atoms with E-state index in [4.69, 9.17) is 5.73 Å². The first-order chi connectivity index (χ1) is 18.0. The number of Topliss-reactive ketones (excluding diaryl/α,β-unsaturated/α-hetero) is 1. The maximum atomic E-state index is 13.1. The van der Waals surface area contributed by atoms with Gasteiger partial charge in [-0.15, -0.1) is 0 Å². The minimum Gasteiger partial charge on any atom is -0.398 e. The molecule has 0 radical (unpaired) electrons. The van der Waals surface area contributed by atoms with Crippen LogP contribution in [-0.2, 0) is 17.6 Å². The summed E-state index contributed by atoms with van der Waals surface area (Å²) in [6.45, 7) is 2.53. The number of halogens is 1. The topological polar surface area (TPSA) is 75.4 Å². The lowest BCUT2D eigenvalue weighted by atomic mass is 9.96. The van der Waals surface area contributed by atoms with Crippen LogP contribution in [0.3, 0.4) is 0 Å². The predicted octanol–water partition coefficient (Wildman–Crippen LogP) is 4.76. The molecule has 2 unspecified atom stereocenters. The van der Waals surface area contributed by atoms with Crippen molar-refractivity contribution in [3.05, 3.63) is 101 Å². The molecule has 5 rings (SSSR count). The van der Waals surface area contributed by atoms with Crippen LogP contribution in [-0.4, -0.2) is 42.3 Å². The second-order valence-corrected chi connectivity index (χ2v) is 10.4. The molecule has 192 valence electrons. The Labute approximate surface area is 217 Å². The van der Waals surface area contributed by atoms with Crippen LogP contribution in [0.15, 0.2) is 72.8 Å². The lowest BCUT2D eigenvalue weighted by Crippen LogP contribution is -2.41. The maximum absolute atomic E-state index is 13.1. The second kappa shape index (κ2) is 11.3. The Bertz CT molecular complexity index is 1230. The average Bonchev–Trinajstić information content (AvgIpc) is 3.69. The lowest BCUT2D eigenvalue weighted by molar-refractivity contribution is -0.131. The van der Waals surface area contributed by atoms with Crippen LogP contribution >= 0.6 is 0 Å².